The van der Waals surface area contributed by atoms with Crippen molar-refractivity contribution in [2.45, 2.75) is 26.2 Å². The molecule has 0 aliphatic carbocycles. The van der Waals surface area contributed by atoms with Crippen molar-refractivity contribution in [1.82, 2.24) is 19.6 Å². The standard InChI is InChI=1S/C52H48F4N4/c53-43-25-37(26-44(54)31-43)33-57-17-21-59(35-51-47-13-5-1-9-39(47)29-40-10-2-6-14-48(40)51)22-18-58(34-38-27-45(55)32-46(56)28-38)20-24-60(23-19-57)36-52-49-15-7-3-11-41(49)30-42-12-4-8-16-50(42)52/h1-16,25-32H,17-24,33-36H2. The summed E-state index contributed by atoms with van der Waals surface area (Å²) in [6, 6.07) is 46.1. The van der Waals surface area contributed by atoms with Crippen LogP contribution in [0.15, 0.2) is 146 Å². The molecular formula is C52H48F4N4. The molecule has 60 heavy (non-hydrogen) atoms. The Morgan fingerprint density at radius 3 is 0.833 bits per heavy atom. The van der Waals surface area contributed by atoms with Crippen LogP contribution in [-0.4, -0.2) is 72.0 Å². The van der Waals surface area contributed by atoms with E-state index in [0.717, 1.165) is 12.1 Å². The maximum atomic E-state index is 14.6. The number of nitrogens with zero attached hydrogens (tertiary/aromatic N) is 4. The van der Waals surface area contributed by atoms with Crippen LogP contribution in [-0.2, 0) is 26.2 Å². The molecule has 0 bridgehead atoms. The van der Waals surface area contributed by atoms with Gasteiger partial charge in [-0.1, -0.05) is 97.1 Å². The van der Waals surface area contributed by atoms with E-state index in [-0.39, 0.29) is 0 Å². The zero-order chi connectivity index (χ0) is 41.0. The summed E-state index contributed by atoms with van der Waals surface area (Å²) in [5.74, 6) is -2.31. The van der Waals surface area contributed by atoms with Crippen molar-refractivity contribution in [2.24, 2.45) is 0 Å². The van der Waals surface area contributed by atoms with Gasteiger partial charge in [0.15, 0.2) is 0 Å². The third kappa shape index (κ3) is 9.23. The molecule has 1 saturated heterocycles. The Balaban J connectivity index is 1.08. The number of fused-ring (bicyclic) bond motifs is 4. The van der Waals surface area contributed by atoms with E-state index in [1.165, 1.54) is 78.5 Å². The fraction of sp³-hybridized carbons (Fsp3) is 0.231. The average molecular weight is 805 g/mol. The van der Waals surface area contributed by atoms with Crippen molar-refractivity contribution in [3.05, 3.63) is 191 Å². The lowest BCUT2D eigenvalue weighted by molar-refractivity contribution is 0.122. The van der Waals surface area contributed by atoms with E-state index < -0.39 is 23.3 Å². The lowest BCUT2D eigenvalue weighted by Gasteiger charge is -2.35. The number of hydrogen-bond donors (Lipinski definition) is 0. The van der Waals surface area contributed by atoms with Gasteiger partial charge in [-0.3, -0.25) is 19.6 Å². The van der Waals surface area contributed by atoms with Crippen LogP contribution in [0.4, 0.5) is 17.6 Å². The quantitative estimate of drug-likeness (QED) is 0.112. The zero-order valence-corrected chi connectivity index (χ0v) is 33.6. The number of halogens is 4. The second kappa shape index (κ2) is 17.9. The molecule has 0 unspecified atom stereocenters. The fourth-order valence-electron chi connectivity index (χ4n) is 9.14. The summed E-state index contributed by atoms with van der Waals surface area (Å²) in [5, 5.41) is 9.56. The van der Waals surface area contributed by atoms with Crippen molar-refractivity contribution in [3.8, 4) is 0 Å². The molecule has 8 aromatic carbocycles. The molecule has 0 atom stereocenters. The van der Waals surface area contributed by atoms with E-state index in [1.807, 2.05) is 0 Å². The Morgan fingerprint density at radius 1 is 0.300 bits per heavy atom. The van der Waals surface area contributed by atoms with Crippen LogP contribution in [0, 0.1) is 23.3 Å². The first-order valence-electron chi connectivity index (χ1n) is 20.9. The van der Waals surface area contributed by atoms with Crippen LogP contribution in [0.3, 0.4) is 0 Å². The highest BCUT2D eigenvalue weighted by molar-refractivity contribution is 6.03. The Labute approximate surface area is 348 Å². The Kier molecular flexibility index (Phi) is 11.9. The normalized spacial score (nSPS) is 15.8. The molecule has 0 amide bonds. The van der Waals surface area contributed by atoms with Crippen molar-refractivity contribution in [3.63, 3.8) is 0 Å². The van der Waals surface area contributed by atoms with Crippen LogP contribution >= 0.6 is 0 Å². The number of rotatable bonds is 8. The van der Waals surface area contributed by atoms with Crippen LogP contribution in [0.5, 0.6) is 0 Å². The van der Waals surface area contributed by atoms with Crippen molar-refractivity contribution < 1.29 is 17.6 Å². The van der Waals surface area contributed by atoms with Gasteiger partial charge in [0.2, 0.25) is 0 Å². The van der Waals surface area contributed by atoms with Crippen LogP contribution in [0.2, 0.25) is 0 Å². The lowest BCUT2D eigenvalue weighted by Crippen LogP contribution is -2.45. The van der Waals surface area contributed by atoms with Gasteiger partial charge in [0.05, 0.1) is 0 Å². The van der Waals surface area contributed by atoms with Gasteiger partial charge < -0.3 is 0 Å². The molecule has 1 heterocycles. The summed E-state index contributed by atoms with van der Waals surface area (Å²) in [6.45, 7) is 7.66. The molecule has 9 rings (SSSR count). The molecular weight excluding hydrogens is 757 g/mol. The molecule has 1 aliphatic heterocycles. The predicted octanol–water partition coefficient (Wildman–Crippen LogP) is 11.2. The fourth-order valence-corrected chi connectivity index (χ4v) is 9.14. The summed E-state index contributed by atoms with van der Waals surface area (Å²) < 4.78 is 58.3. The molecule has 1 aliphatic rings. The Bertz CT molecular complexity index is 2430. The van der Waals surface area contributed by atoms with E-state index in [0.29, 0.717) is 89.7 Å². The highest BCUT2D eigenvalue weighted by atomic mass is 19.1. The highest BCUT2D eigenvalue weighted by Crippen LogP contribution is 2.31. The van der Waals surface area contributed by atoms with Crippen LogP contribution in [0.1, 0.15) is 22.3 Å². The maximum Gasteiger partial charge on any atom is 0.126 e. The first-order valence-corrected chi connectivity index (χ1v) is 20.9. The molecule has 304 valence electrons. The summed E-state index contributed by atoms with van der Waals surface area (Å²) in [7, 11) is 0. The average Bonchev–Trinajstić information content (AvgIpc) is 3.23. The van der Waals surface area contributed by atoms with Crippen molar-refractivity contribution >= 4 is 43.1 Å². The molecule has 1 fully saturated rings. The van der Waals surface area contributed by atoms with Crippen molar-refractivity contribution in [1.29, 1.82) is 0 Å². The summed E-state index contributed by atoms with van der Waals surface area (Å²) in [6.07, 6.45) is 0. The minimum Gasteiger partial charge on any atom is -0.297 e. The largest absolute Gasteiger partial charge is 0.297 e. The topological polar surface area (TPSA) is 13.0 Å². The molecule has 8 aromatic rings. The van der Waals surface area contributed by atoms with Gasteiger partial charge in [-0.25, -0.2) is 17.6 Å². The van der Waals surface area contributed by atoms with Crippen molar-refractivity contribution in [2.75, 3.05) is 52.4 Å². The monoisotopic (exact) mass is 804 g/mol. The zero-order valence-electron chi connectivity index (χ0n) is 33.6. The van der Waals surface area contributed by atoms with Gasteiger partial charge >= 0.3 is 0 Å². The molecule has 0 N–H and O–H groups in total. The van der Waals surface area contributed by atoms with E-state index in [4.69, 9.17) is 0 Å². The van der Waals surface area contributed by atoms with Crippen LogP contribution in [0.25, 0.3) is 43.1 Å². The Hall–Kier alpha value is -5.64. The van der Waals surface area contributed by atoms with Crippen LogP contribution < -0.4 is 0 Å². The minimum absolute atomic E-state index is 0.405. The molecule has 4 nitrogen and oxygen atoms in total. The van der Waals surface area contributed by atoms with E-state index in [2.05, 4.69) is 129 Å². The van der Waals surface area contributed by atoms with Gasteiger partial charge in [-0.05, 0) is 102 Å². The SMILES string of the molecule is Fc1cc(F)cc(CN2CCN(Cc3c4ccccc4cc4ccccc34)CCN(Cc3cc(F)cc(F)c3)CCN(Cc3c4ccccc4cc4ccccc34)CC2)c1. The minimum atomic E-state index is -0.577. The first kappa shape index (κ1) is 39.8. The van der Waals surface area contributed by atoms with E-state index in [9.17, 15) is 17.6 Å². The lowest BCUT2D eigenvalue weighted by atomic mass is 9.96. The van der Waals surface area contributed by atoms with Gasteiger partial charge in [-0.15, -0.1) is 0 Å². The molecule has 0 aromatic heterocycles. The summed E-state index contributed by atoms with van der Waals surface area (Å²) in [4.78, 5) is 9.58. The van der Waals surface area contributed by atoms with Gasteiger partial charge in [0.1, 0.15) is 23.3 Å². The van der Waals surface area contributed by atoms with Gasteiger partial charge in [0.25, 0.3) is 0 Å². The first-order chi connectivity index (χ1) is 29.3. The highest BCUT2D eigenvalue weighted by Gasteiger charge is 2.21. The smallest absolute Gasteiger partial charge is 0.126 e. The number of hydrogen-bond acceptors (Lipinski definition) is 4. The second-order valence-electron chi connectivity index (χ2n) is 16.3. The second-order valence-corrected chi connectivity index (χ2v) is 16.3. The summed E-state index contributed by atoms with van der Waals surface area (Å²) in [5.41, 5.74) is 3.71. The summed E-state index contributed by atoms with van der Waals surface area (Å²) >= 11 is 0. The molecule has 0 radical (unpaired) electrons. The predicted molar refractivity (Wildman–Crippen MR) is 237 cm³/mol. The molecule has 0 saturated carbocycles. The Morgan fingerprint density at radius 2 is 0.550 bits per heavy atom. The maximum absolute atomic E-state index is 14.6. The third-order valence-electron chi connectivity index (χ3n) is 12.1. The molecule has 0 spiro atoms. The van der Waals surface area contributed by atoms with E-state index >= 15 is 0 Å². The molecule has 8 heteroatoms. The van der Waals surface area contributed by atoms with Gasteiger partial charge in [0, 0.05) is 90.7 Å². The van der Waals surface area contributed by atoms with Gasteiger partial charge in [-0.2, -0.15) is 0 Å². The third-order valence-corrected chi connectivity index (χ3v) is 12.1. The van der Waals surface area contributed by atoms with E-state index in [1.54, 1.807) is 0 Å². The number of benzene rings is 8.